The Kier molecular flexibility index (Phi) is 4.72. The molecular weight excluding hydrogens is 342 g/mol. The SMILES string of the molecule is Cc1ncoc1C(=O)NC[C@@]12CCC[C@H]1N(Cc1ccccc1)C(=O)CC2. The van der Waals surface area contributed by atoms with Crippen LogP contribution in [0, 0.1) is 12.3 Å². The Hall–Kier alpha value is -2.63. The van der Waals surface area contributed by atoms with Gasteiger partial charge in [0.1, 0.15) is 0 Å². The van der Waals surface area contributed by atoms with Crippen molar-refractivity contribution in [2.75, 3.05) is 6.54 Å². The summed E-state index contributed by atoms with van der Waals surface area (Å²) in [6, 6.07) is 10.3. The summed E-state index contributed by atoms with van der Waals surface area (Å²) in [6.07, 6.45) is 5.78. The predicted octanol–water partition coefficient (Wildman–Crippen LogP) is 3.07. The standard InChI is InChI=1S/C21H25N3O3/c1-15-19(27-14-23-15)20(26)22-13-21-10-5-8-17(21)24(18(25)9-11-21)12-16-6-3-2-4-7-16/h2-4,6-7,14,17H,5,8-13H2,1H3,(H,22,26)/t17-,21+/m1/s1. The number of benzene rings is 1. The molecule has 1 aromatic heterocycles. The highest BCUT2D eigenvalue weighted by Crippen LogP contribution is 2.48. The smallest absolute Gasteiger partial charge is 0.289 e. The number of rotatable bonds is 5. The van der Waals surface area contributed by atoms with Crippen LogP contribution in [0.25, 0.3) is 0 Å². The summed E-state index contributed by atoms with van der Waals surface area (Å²) in [7, 11) is 0. The fraction of sp³-hybridized carbons (Fsp3) is 0.476. The van der Waals surface area contributed by atoms with Crippen LogP contribution in [0.5, 0.6) is 0 Å². The van der Waals surface area contributed by atoms with Crippen molar-refractivity contribution in [1.82, 2.24) is 15.2 Å². The zero-order chi connectivity index (χ0) is 18.9. The summed E-state index contributed by atoms with van der Waals surface area (Å²) in [4.78, 5) is 31.2. The lowest BCUT2D eigenvalue weighted by molar-refractivity contribution is -0.142. The van der Waals surface area contributed by atoms with E-state index >= 15 is 0 Å². The molecule has 1 aliphatic carbocycles. The number of likely N-dealkylation sites (tertiary alicyclic amines) is 1. The first-order valence-electron chi connectivity index (χ1n) is 9.61. The van der Waals surface area contributed by atoms with E-state index in [1.807, 2.05) is 23.1 Å². The van der Waals surface area contributed by atoms with Crippen molar-refractivity contribution in [3.05, 3.63) is 53.7 Å². The number of nitrogens with one attached hydrogen (secondary N) is 1. The Balaban J connectivity index is 1.50. The minimum atomic E-state index is -0.225. The minimum absolute atomic E-state index is 0.0493. The van der Waals surface area contributed by atoms with Crippen LogP contribution in [0.2, 0.25) is 0 Å². The van der Waals surface area contributed by atoms with Gasteiger partial charge in [0.2, 0.25) is 11.7 Å². The van der Waals surface area contributed by atoms with Crippen molar-refractivity contribution >= 4 is 11.8 Å². The van der Waals surface area contributed by atoms with Crippen molar-refractivity contribution in [1.29, 1.82) is 0 Å². The number of nitrogens with zero attached hydrogens (tertiary/aromatic N) is 2. The van der Waals surface area contributed by atoms with Gasteiger partial charge in [-0.3, -0.25) is 9.59 Å². The Morgan fingerprint density at radius 3 is 2.89 bits per heavy atom. The summed E-state index contributed by atoms with van der Waals surface area (Å²) in [5.74, 6) is 0.268. The van der Waals surface area contributed by atoms with Crippen LogP contribution in [0.3, 0.4) is 0 Å². The Labute approximate surface area is 159 Å². The van der Waals surface area contributed by atoms with Gasteiger partial charge in [-0.05, 0) is 31.7 Å². The molecule has 2 aliphatic rings. The van der Waals surface area contributed by atoms with E-state index in [0.717, 1.165) is 31.2 Å². The number of piperidine rings is 1. The molecule has 142 valence electrons. The van der Waals surface area contributed by atoms with Crippen molar-refractivity contribution in [3.63, 3.8) is 0 Å². The zero-order valence-corrected chi connectivity index (χ0v) is 15.6. The molecule has 2 atom stereocenters. The maximum atomic E-state index is 12.7. The number of aryl methyl sites for hydroxylation is 1. The molecule has 0 spiro atoms. The third-order valence-corrected chi connectivity index (χ3v) is 6.14. The van der Waals surface area contributed by atoms with Gasteiger partial charge in [0.25, 0.3) is 5.91 Å². The van der Waals surface area contributed by atoms with E-state index < -0.39 is 0 Å². The first-order valence-corrected chi connectivity index (χ1v) is 9.61. The van der Waals surface area contributed by atoms with Crippen LogP contribution in [0.1, 0.15) is 53.9 Å². The van der Waals surface area contributed by atoms with Gasteiger partial charge in [-0.25, -0.2) is 4.98 Å². The maximum absolute atomic E-state index is 12.7. The third-order valence-electron chi connectivity index (χ3n) is 6.14. The second kappa shape index (κ2) is 7.18. The van der Waals surface area contributed by atoms with Crippen LogP contribution < -0.4 is 5.32 Å². The van der Waals surface area contributed by atoms with E-state index in [4.69, 9.17) is 4.42 Å². The molecule has 0 bridgehead atoms. The topological polar surface area (TPSA) is 75.4 Å². The molecule has 2 aromatic rings. The van der Waals surface area contributed by atoms with Crippen LogP contribution in [-0.2, 0) is 11.3 Å². The van der Waals surface area contributed by atoms with Crippen LogP contribution in [0.15, 0.2) is 41.1 Å². The maximum Gasteiger partial charge on any atom is 0.289 e. The van der Waals surface area contributed by atoms with E-state index in [9.17, 15) is 9.59 Å². The highest BCUT2D eigenvalue weighted by atomic mass is 16.3. The molecule has 1 saturated heterocycles. The molecule has 27 heavy (non-hydrogen) atoms. The van der Waals surface area contributed by atoms with E-state index in [2.05, 4.69) is 22.4 Å². The highest BCUT2D eigenvalue weighted by Gasteiger charge is 2.50. The molecule has 2 fully saturated rings. The largest absolute Gasteiger partial charge is 0.438 e. The van der Waals surface area contributed by atoms with E-state index in [-0.39, 0.29) is 29.0 Å². The van der Waals surface area contributed by atoms with Crippen molar-refractivity contribution in [2.24, 2.45) is 5.41 Å². The lowest BCUT2D eigenvalue weighted by Crippen LogP contribution is -2.55. The quantitative estimate of drug-likeness (QED) is 0.881. The lowest BCUT2D eigenvalue weighted by Gasteiger charge is -2.46. The number of carbonyl (C=O) groups excluding carboxylic acids is 2. The van der Waals surface area contributed by atoms with Gasteiger partial charge in [-0.2, -0.15) is 0 Å². The average molecular weight is 367 g/mol. The summed E-state index contributed by atoms with van der Waals surface area (Å²) < 4.78 is 5.20. The number of oxazole rings is 1. The fourth-order valence-corrected chi connectivity index (χ4v) is 4.70. The molecule has 1 saturated carbocycles. The first kappa shape index (κ1) is 17.8. The van der Waals surface area contributed by atoms with Gasteiger partial charge in [0.15, 0.2) is 6.39 Å². The molecule has 0 radical (unpaired) electrons. The summed E-state index contributed by atoms with van der Waals surface area (Å²) in [5, 5.41) is 3.05. The van der Waals surface area contributed by atoms with E-state index in [1.165, 1.54) is 6.39 Å². The number of hydrogen-bond acceptors (Lipinski definition) is 4. The lowest BCUT2D eigenvalue weighted by atomic mass is 9.74. The Morgan fingerprint density at radius 1 is 1.33 bits per heavy atom. The third kappa shape index (κ3) is 3.36. The number of amides is 2. The molecule has 1 aromatic carbocycles. The second-order valence-corrected chi connectivity index (χ2v) is 7.73. The predicted molar refractivity (Wildman–Crippen MR) is 99.9 cm³/mol. The first-order chi connectivity index (χ1) is 13.1. The van der Waals surface area contributed by atoms with Crippen molar-refractivity contribution < 1.29 is 14.0 Å². The van der Waals surface area contributed by atoms with E-state index in [0.29, 0.717) is 25.2 Å². The average Bonchev–Trinajstić information content (AvgIpc) is 3.30. The Bertz CT molecular complexity index is 832. The molecule has 6 heteroatoms. The molecule has 6 nitrogen and oxygen atoms in total. The molecule has 4 rings (SSSR count). The Morgan fingerprint density at radius 2 is 2.15 bits per heavy atom. The monoisotopic (exact) mass is 367 g/mol. The normalized spacial score (nSPS) is 24.7. The summed E-state index contributed by atoms with van der Waals surface area (Å²) in [6.45, 7) is 2.96. The molecule has 2 heterocycles. The van der Waals surface area contributed by atoms with Crippen LogP contribution in [0.4, 0.5) is 0 Å². The van der Waals surface area contributed by atoms with Gasteiger partial charge in [-0.15, -0.1) is 0 Å². The fourth-order valence-electron chi connectivity index (χ4n) is 4.70. The van der Waals surface area contributed by atoms with E-state index in [1.54, 1.807) is 6.92 Å². The van der Waals surface area contributed by atoms with Gasteiger partial charge in [0.05, 0.1) is 5.69 Å². The number of hydrogen-bond donors (Lipinski definition) is 1. The summed E-state index contributed by atoms with van der Waals surface area (Å²) in [5.41, 5.74) is 1.69. The zero-order valence-electron chi connectivity index (χ0n) is 15.6. The molecule has 1 aliphatic heterocycles. The van der Waals surface area contributed by atoms with Crippen molar-refractivity contribution in [2.45, 2.75) is 51.6 Å². The number of aromatic nitrogens is 1. The van der Waals surface area contributed by atoms with Gasteiger partial charge >= 0.3 is 0 Å². The molecular formula is C21H25N3O3. The highest BCUT2D eigenvalue weighted by molar-refractivity contribution is 5.92. The van der Waals surface area contributed by atoms with Crippen LogP contribution >= 0.6 is 0 Å². The second-order valence-electron chi connectivity index (χ2n) is 7.73. The van der Waals surface area contributed by atoms with Crippen LogP contribution in [-0.4, -0.2) is 34.3 Å². The summed E-state index contributed by atoms with van der Waals surface area (Å²) >= 11 is 0. The molecule has 1 N–H and O–H groups in total. The minimum Gasteiger partial charge on any atom is -0.438 e. The molecule has 2 amide bonds. The number of fused-ring (bicyclic) bond motifs is 1. The van der Waals surface area contributed by atoms with Gasteiger partial charge in [0, 0.05) is 31.0 Å². The number of carbonyl (C=O) groups is 2. The van der Waals surface area contributed by atoms with Gasteiger partial charge in [-0.1, -0.05) is 36.8 Å². The molecule has 0 unspecified atom stereocenters. The van der Waals surface area contributed by atoms with Gasteiger partial charge < -0.3 is 14.6 Å². The van der Waals surface area contributed by atoms with Crippen molar-refractivity contribution in [3.8, 4) is 0 Å².